The second kappa shape index (κ2) is 10.0. The lowest BCUT2D eigenvalue weighted by Gasteiger charge is -2.09. The monoisotopic (exact) mass is 500 g/mol. The summed E-state index contributed by atoms with van der Waals surface area (Å²) in [6, 6.07) is 14.5. The maximum Gasteiger partial charge on any atom is 0.373 e. The Morgan fingerprint density at radius 3 is 2.56 bits per heavy atom. The topological polar surface area (TPSA) is 98.1 Å². The molecule has 2 aromatic carbocycles. The Morgan fingerprint density at radius 2 is 1.85 bits per heavy atom. The number of imide groups is 1. The van der Waals surface area contributed by atoms with Crippen LogP contribution in [0, 0.1) is 0 Å². The predicted octanol–water partition coefficient (Wildman–Crippen LogP) is 5.04. The van der Waals surface area contributed by atoms with Crippen LogP contribution in [0.25, 0.3) is 6.08 Å². The van der Waals surface area contributed by atoms with Crippen molar-refractivity contribution in [2.75, 3.05) is 7.11 Å². The van der Waals surface area contributed by atoms with E-state index in [0.29, 0.717) is 21.4 Å². The second-order valence-electron chi connectivity index (χ2n) is 7.23. The summed E-state index contributed by atoms with van der Waals surface area (Å²) in [5.74, 6) is -0.296. The number of nitrogens with zero attached hydrogens (tertiary/aromatic N) is 1. The molecule has 0 saturated carbocycles. The van der Waals surface area contributed by atoms with E-state index < -0.39 is 17.9 Å². The highest BCUT2D eigenvalue weighted by molar-refractivity contribution is 6.35. The van der Waals surface area contributed by atoms with Crippen molar-refractivity contribution in [1.82, 2.24) is 10.2 Å². The molecule has 0 atom stereocenters. The smallest absolute Gasteiger partial charge is 0.373 e. The maximum absolute atomic E-state index is 12.7. The average Bonchev–Trinajstić information content (AvgIpc) is 3.39. The number of methoxy groups -OCH3 is 1. The van der Waals surface area contributed by atoms with Crippen molar-refractivity contribution in [3.8, 4) is 5.75 Å². The van der Waals surface area contributed by atoms with E-state index in [0.717, 1.165) is 10.5 Å². The van der Waals surface area contributed by atoms with Crippen LogP contribution in [0.1, 0.15) is 27.4 Å². The zero-order valence-corrected chi connectivity index (χ0v) is 19.4. The zero-order valence-electron chi connectivity index (χ0n) is 17.8. The second-order valence-corrected chi connectivity index (χ2v) is 8.07. The van der Waals surface area contributed by atoms with Gasteiger partial charge in [0.05, 0.1) is 13.7 Å². The number of hydrogen-bond donors (Lipinski definition) is 1. The first-order chi connectivity index (χ1) is 16.3. The number of halogens is 2. The Labute approximate surface area is 204 Å². The molecule has 0 spiro atoms. The number of esters is 1. The SMILES string of the molecule is COC(=O)c1ccc(CN2C(=O)N/C(=C\c3ccc(OCc4ccc(Cl)cc4Cl)cc3)C2=O)o1. The fraction of sp³-hybridized carbons (Fsp3) is 0.125. The lowest BCUT2D eigenvalue weighted by atomic mass is 10.2. The Bertz CT molecular complexity index is 1280. The Hall–Kier alpha value is -3.75. The highest BCUT2D eigenvalue weighted by Gasteiger charge is 2.34. The molecule has 0 radical (unpaired) electrons. The van der Waals surface area contributed by atoms with E-state index in [2.05, 4.69) is 10.1 Å². The van der Waals surface area contributed by atoms with Crippen LogP contribution in [0.4, 0.5) is 4.79 Å². The Balaban J connectivity index is 1.39. The minimum atomic E-state index is -0.646. The largest absolute Gasteiger partial charge is 0.489 e. The van der Waals surface area contributed by atoms with Crippen LogP contribution in [0.3, 0.4) is 0 Å². The van der Waals surface area contributed by atoms with Crippen molar-refractivity contribution < 1.29 is 28.3 Å². The van der Waals surface area contributed by atoms with Crippen molar-refractivity contribution in [3.63, 3.8) is 0 Å². The van der Waals surface area contributed by atoms with Gasteiger partial charge in [0.2, 0.25) is 5.76 Å². The third kappa shape index (κ3) is 5.24. The summed E-state index contributed by atoms with van der Waals surface area (Å²) in [7, 11) is 1.23. The van der Waals surface area contributed by atoms with Crippen LogP contribution in [-0.2, 0) is 22.7 Å². The molecule has 10 heteroatoms. The van der Waals surface area contributed by atoms with Gasteiger partial charge in [-0.2, -0.15) is 0 Å². The van der Waals surface area contributed by atoms with Gasteiger partial charge in [-0.1, -0.05) is 41.4 Å². The van der Waals surface area contributed by atoms with Crippen LogP contribution in [-0.4, -0.2) is 29.9 Å². The highest BCUT2D eigenvalue weighted by atomic mass is 35.5. The molecule has 1 N–H and O–H groups in total. The van der Waals surface area contributed by atoms with Gasteiger partial charge in [-0.25, -0.2) is 9.59 Å². The molecule has 3 aromatic rings. The average molecular weight is 501 g/mol. The van der Waals surface area contributed by atoms with Crippen molar-refractivity contribution in [2.24, 2.45) is 0 Å². The zero-order chi connectivity index (χ0) is 24.2. The predicted molar refractivity (Wildman–Crippen MR) is 124 cm³/mol. The third-order valence-electron chi connectivity index (χ3n) is 4.93. The summed E-state index contributed by atoms with van der Waals surface area (Å²) < 4.78 is 15.7. The maximum atomic E-state index is 12.7. The van der Waals surface area contributed by atoms with Gasteiger partial charge < -0.3 is 19.2 Å². The summed E-state index contributed by atoms with van der Waals surface area (Å²) in [5, 5.41) is 3.61. The van der Waals surface area contributed by atoms with Gasteiger partial charge in [0.15, 0.2) is 0 Å². The number of carbonyl (C=O) groups excluding carboxylic acids is 3. The van der Waals surface area contributed by atoms with E-state index in [-0.39, 0.29) is 30.4 Å². The molecule has 174 valence electrons. The minimum Gasteiger partial charge on any atom is -0.489 e. The van der Waals surface area contributed by atoms with Crippen LogP contribution in [0.2, 0.25) is 10.0 Å². The molecule has 0 aliphatic carbocycles. The lowest BCUT2D eigenvalue weighted by molar-refractivity contribution is -0.123. The number of nitrogens with one attached hydrogen (secondary N) is 1. The van der Waals surface area contributed by atoms with E-state index >= 15 is 0 Å². The molecule has 0 bridgehead atoms. The van der Waals surface area contributed by atoms with Gasteiger partial charge in [-0.05, 0) is 48.0 Å². The van der Waals surface area contributed by atoms with Crippen molar-refractivity contribution in [1.29, 1.82) is 0 Å². The molecule has 1 fully saturated rings. The molecule has 8 nitrogen and oxygen atoms in total. The first-order valence-electron chi connectivity index (χ1n) is 10.0. The normalized spacial score (nSPS) is 14.4. The standard InChI is InChI=1S/C24H18Cl2N2O6/c1-32-23(30)21-9-8-18(34-21)12-28-22(29)20(27-24(28)31)10-14-2-6-17(7-3-14)33-13-15-4-5-16(25)11-19(15)26/h2-11H,12-13H2,1H3,(H,27,31)/b20-10-. The fourth-order valence-corrected chi connectivity index (χ4v) is 3.63. The molecule has 4 rings (SSSR count). The number of amides is 3. The Morgan fingerprint density at radius 1 is 1.09 bits per heavy atom. The number of ether oxygens (including phenoxy) is 2. The van der Waals surface area contributed by atoms with E-state index in [9.17, 15) is 14.4 Å². The van der Waals surface area contributed by atoms with Crippen molar-refractivity contribution in [3.05, 3.63) is 93.0 Å². The van der Waals surface area contributed by atoms with Crippen molar-refractivity contribution in [2.45, 2.75) is 13.2 Å². The Kier molecular flexibility index (Phi) is 6.90. The van der Waals surface area contributed by atoms with Gasteiger partial charge in [0.1, 0.15) is 23.8 Å². The molecular weight excluding hydrogens is 483 g/mol. The summed E-state index contributed by atoms with van der Waals surface area (Å²) in [6.07, 6.45) is 1.56. The number of urea groups is 1. The number of carbonyl (C=O) groups is 3. The molecule has 3 amide bonds. The molecular formula is C24H18Cl2N2O6. The summed E-state index contributed by atoms with van der Waals surface area (Å²) in [4.78, 5) is 37.5. The molecule has 1 aliphatic rings. The van der Waals surface area contributed by atoms with Crippen LogP contribution < -0.4 is 10.1 Å². The van der Waals surface area contributed by atoms with Gasteiger partial charge in [-0.15, -0.1) is 0 Å². The van der Waals surface area contributed by atoms with Crippen LogP contribution >= 0.6 is 23.2 Å². The molecule has 34 heavy (non-hydrogen) atoms. The summed E-state index contributed by atoms with van der Waals surface area (Å²) in [5.41, 5.74) is 1.60. The van der Waals surface area contributed by atoms with E-state index in [1.165, 1.54) is 19.2 Å². The lowest BCUT2D eigenvalue weighted by Crippen LogP contribution is -2.30. The number of hydrogen-bond acceptors (Lipinski definition) is 6. The number of benzene rings is 2. The summed E-state index contributed by atoms with van der Waals surface area (Å²) >= 11 is 12.1. The fourth-order valence-electron chi connectivity index (χ4n) is 3.17. The molecule has 1 saturated heterocycles. The number of furan rings is 1. The van der Waals surface area contributed by atoms with Gasteiger partial charge in [0, 0.05) is 15.6 Å². The van der Waals surface area contributed by atoms with Crippen LogP contribution in [0.15, 0.2) is 64.7 Å². The first kappa shape index (κ1) is 23.4. The first-order valence-corrected chi connectivity index (χ1v) is 10.8. The molecule has 2 heterocycles. The van der Waals surface area contributed by atoms with Crippen LogP contribution in [0.5, 0.6) is 5.75 Å². The number of rotatable bonds is 7. The third-order valence-corrected chi connectivity index (χ3v) is 5.51. The molecule has 0 unspecified atom stereocenters. The van der Waals surface area contributed by atoms with Gasteiger partial charge in [0.25, 0.3) is 5.91 Å². The van der Waals surface area contributed by atoms with Crippen molar-refractivity contribution >= 4 is 47.2 Å². The minimum absolute atomic E-state index is 0.0130. The quantitative estimate of drug-likeness (QED) is 0.277. The van der Waals surface area contributed by atoms with E-state index in [4.69, 9.17) is 32.4 Å². The van der Waals surface area contributed by atoms with E-state index in [1.807, 2.05) is 0 Å². The highest BCUT2D eigenvalue weighted by Crippen LogP contribution is 2.24. The molecule has 1 aromatic heterocycles. The van der Waals surface area contributed by atoms with E-state index in [1.54, 1.807) is 48.5 Å². The van der Waals surface area contributed by atoms with Gasteiger partial charge in [-0.3, -0.25) is 9.69 Å². The summed E-state index contributed by atoms with van der Waals surface area (Å²) in [6.45, 7) is 0.142. The molecule has 1 aliphatic heterocycles. The van der Waals surface area contributed by atoms with Gasteiger partial charge >= 0.3 is 12.0 Å².